The SMILES string of the molecule is CN(C)CC(C)(C)CNC(=O)c1cccc(CN)c1. The maximum absolute atomic E-state index is 12.1. The Balaban J connectivity index is 2.60. The Morgan fingerprint density at radius 1 is 1.37 bits per heavy atom. The van der Waals surface area contributed by atoms with Crippen molar-refractivity contribution in [2.45, 2.75) is 20.4 Å². The standard InChI is InChI=1S/C15H25N3O/c1-15(2,11-18(3)4)10-17-14(19)13-7-5-6-12(8-13)9-16/h5-8H,9-11,16H2,1-4H3,(H,17,19). The molecule has 0 spiro atoms. The van der Waals surface area contributed by atoms with Crippen molar-refractivity contribution in [3.63, 3.8) is 0 Å². The molecule has 0 fully saturated rings. The number of nitrogens with two attached hydrogens (primary N) is 1. The normalized spacial score (nSPS) is 11.7. The van der Waals surface area contributed by atoms with E-state index in [1.54, 1.807) is 0 Å². The molecular formula is C15H25N3O. The van der Waals surface area contributed by atoms with Crippen molar-refractivity contribution in [3.8, 4) is 0 Å². The summed E-state index contributed by atoms with van der Waals surface area (Å²) < 4.78 is 0. The molecule has 106 valence electrons. The first-order valence-electron chi connectivity index (χ1n) is 6.56. The van der Waals surface area contributed by atoms with Gasteiger partial charge in [0, 0.05) is 25.2 Å². The molecule has 1 amide bonds. The lowest BCUT2D eigenvalue weighted by Gasteiger charge is -2.28. The highest BCUT2D eigenvalue weighted by Crippen LogP contribution is 2.14. The van der Waals surface area contributed by atoms with E-state index in [1.165, 1.54) is 0 Å². The molecule has 0 bridgehead atoms. The van der Waals surface area contributed by atoms with Gasteiger partial charge in [0.2, 0.25) is 0 Å². The molecule has 1 aromatic carbocycles. The van der Waals surface area contributed by atoms with Gasteiger partial charge in [-0.2, -0.15) is 0 Å². The van der Waals surface area contributed by atoms with Gasteiger partial charge in [-0.1, -0.05) is 26.0 Å². The smallest absolute Gasteiger partial charge is 0.251 e. The van der Waals surface area contributed by atoms with Crippen molar-refractivity contribution in [1.82, 2.24) is 10.2 Å². The van der Waals surface area contributed by atoms with Gasteiger partial charge in [0.25, 0.3) is 5.91 Å². The number of carbonyl (C=O) groups is 1. The number of nitrogens with zero attached hydrogens (tertiary/aromatic N) is 1. The molecule has 0 aromatic heterocycles. The predicted molar refractivity (Wildman–Crippen MR) is 79.0 cm³/mol. The Morgan fingerprint density at radius 2 is 2.05 bits per heavy atom. The monoisotopic (exact) mass is 263 g/mol. The van der Waals surface area contributed by atoms with Crippen molar-refractivity contribution >= 4 is 5.91 Å². The summed E-state index contributed by atoms with van der Waals surface area (Å²) in [5.74, 6) is -0.0397. The Labute approximate surface area is 116 Å². The van der Waals surface area contributed by atoms with E-state index in [0.717, 1.165) is 12.1 Å². The summed E-state index contributed by atoms with van der Waals surface area (Å²) in [5, 5.41) is 2.99. The van der Waals surface area contributed by atoms with Gasteiger partial charge in [-0.15, -0.1) is 0 Å². The van der Waals surface area contributed by atoms with Crippen LogP contribution in [0.2, 0.25) is 0 Å². The van der Waals surface area contributed by atoms with E-state index in [2.05, 4.69) is 24.1 Å². The van der Waals surface area contributed by atoms with Crippen LogP contribution >= 0.6 is 0 Å². The summed E-state index contributed by atoms with van der Waals surface area (Å²) in [6.07, 6.45) is 0. The number of carbonyl (C=O) groups excluding carboxylic acids is 1. The lowest BCUT2D eigenvalue weighted by molar-refractivity contribution is 0.0929. The molecule has 0 unspecified atom stereocenters. The van der Waals surface area contributed by atoms with Crippen LogP contribution in [-0.4, -0.2) is 38.0 Å². The summed E-state index contributed by atoms with van der Waals surface area (Å²) in [5.41, 5.74) is 7.27. The van der Waals surface area contributed by atoms with E-state index < -0.39 is 0 Å². The minimum absolute atomic E-state index is 0.0397. The van der Waals surface area contributed by atoms with Gasteiger partial charge in [0.05, 0.1) is 0 Å². The second-order valence-corrected chi connectivity index (χ2v) is 5.99. The first-order valence-corrected chi connectivity index (χ1v) is 6.56. The number of hydrogen-bond donors (Lipinski definition) is 2. The van der Waals surface area contributed by atoms with Crippen LogP contribution in [0.5, 0.6) is 0 Å². The minimum atomic E-state index is -0.0397. The zero-order valence-corrected chi connectivity index (χ0v) is 12.4. The first-order chi connectivity index (χ1) is 8.84. The Bertz CT molecular complexity index is 427. The zero-order chi connectivity index (χ0) is 14.5. The average Bonchev–Trinajstić information content (AvgIpc) is 2.34. The van der Waals surface area contributed by atoms with Crippen LogP contribution in [0.25, 0.3) is 0 Å². The maximum atomic E-state index is 12.1. The van der Waals surface area contributed by atoms with Gasteiger partial charge in [0.15, 0.2) is 0 Å². The third-order valence-electron chi connectivity index (χ3n) is 2.90. The van der Waals surface area contributed by atoms with Crippen LogP contribution in [-0.2, 0) is 6.54 Å². The van der Waals surface area contributed by atoms with Crippen LogP contribution in [0, 0.1) is 5.41 Å². The van der Waals surface area contributed by atoms with Crippen LogP contribution in [0.4, 0.5) is 0 Å². The molecule has 19 heavy (non-hydrogen) atoms. The molecule has 4 nitrogen and oxygen atoms in total. The molecule has 0 heterocycles. The molecule has 3 N–H and O–H groups in total. The number of nitrogens with one attached hydrogen (secondary N) is 1. The van der Waals surface area contributed by atoms with Gasteiger partial charge in [0.1, 0.15) is 0 Å². The highest BCUT2D eigenvalue weighted by atomic mass is 16.1. The molecule has 0 radical (unpaired) electrons. The number of amides is 1. The highest BCUT2D eigenvalue weighted by Gasteiger charge is 2.20. The maximum Gasteiger partial charge on any atom is 0.251 e. The van der Waals surface area contributed by atoms with Crippen molar-refractivity contribution in [1.29, 1.82) is 0 Å². The van der Waals surface area contributed by atoms with E-state index in [0.29, 0.717) is 18.7 Å². The highest BCUT2D eigenvalue weighted by molar-refractivity contribution is 5.94. The molecule has 1 aromatic rings. The Hall–Kier alpha value is -1.39. The van der Waals surface area contributed by atoms with Gasteiger partial charge in [-0.25, -0.2) is 0 Å². The van der Waals surface area contributed by atoms with E-state index in [4.69, 9.17) is 5.73 Å². The molecule has 0 saturated carbocycles. The number of hydrogen-bond acceptors (Lipinski definition) is 3. The first kappa shape index (κ1) is 15.7. The fourth-order valence-electron chi connectivity index (χ4n) is 2.17. The molecule has 1 rings (SSSR count). The van der Waals surface area contributed by atoms with Crippen molar-refractivity contribution in [2.75, 3.05) is 27.2 Å². The molecular weight excluding hydrogens is 238 g/mol. The topological polar surface area (TPSA) is 58.4 Å². The summed E-state index contributed by atoms with van der Waals surface area (Å²) in [7, 11) is 4.07. The van der Waals surface area contributed by atoms with Crippen molar-refractivity contribution in [3.05, 3.63) is 35.4 Å². The van der Waals surface area contributed by atoms with E-state index in [-0.39, 0.29) is 11.3 Å². The third kappa shape index (κ3) is 5.41. The number of rotatable bonds is 6. The van der Waals surface area contributed by atoms with Crippen LogP contribution in [0.15, 0.2) is 24.3 Å². The third-order valence-corrected chi connectivity index (χ3v) is 2.90. The lowest BCUT2D eigenvalue weighted by atomic mass is 9.93. The fourth-order valence-corrected chi connectivity index (χ4v) is 2.17. The average molecular weight is 263 g/mol. The molecule has 0 aliphatic rings. The summed E-state index contributed by atoms with van der Waals surface area (Å²) in [4.78, 5) is 14.2. The summed E-state index contributed by atoms with van der Waals surface area (Å²) >= 11 is 0. The second-order valence-electron chi connectivity index (χ2n) is 5.99. The number of benzene rings is 1. The Morgan fingerprint density at radius 3 is 2.63 bits per heavy atom. The van der Waals surface area contributed by atoms with Crippen molar-refractivity contribution < 1.29 is 4.79 Å². The van der Waals surface area contributed by atoms with Crippen LogP contribution < -0.4 is 11.1 Å². The van der Waals surface area contributed by atoms with Crippen LogP contribution in [0.3, 0.4) is 0 Å². The lowest BCUT2D eigenvalue weighted by Crippen LogP contribution is -2.40. The molecule has 0 aliphatic heterocycles. The molecule has 0 aliphatic carbocycles. The Kier molecular flexibility index (Phi) is 5.51. The summed E-state index contributed by atoms with van der Waals surface area (Å²) in [6, 6.07) is 7.44. The van der Waals surface area contributed by atoms with Gasteiger partial charge < -0.3 is 16.0 Å². The summed E-state index contributed by atoms with van der Waals surface area (Å²) in [6.45, 7) is 6.31. The second kappa shape index (κ2) is 6.68. The van der Waals surface area contributed by atoms with Crippen LogP contribution in [0.1, 0.15) is 29.8 Å². The fraction of sp³-hybridized carbons (Fsp3) is 0.533. The van der Waals surface area contributed by atoms with Gasteiger partial charge in [-0.3, -0.25) is 4.79 Å². The van der Waals surface area contributed by atoms with E-state index >= 15 is 0 Å². The predicted octanol–water partition coefficient (Wildman–Crippen LogP) is 1.46. The zero-order valence-electron chi connectivity index (χ0n) is 12.4. The van der Waals surface area contributed by atoms with Gasteiger partial charge in [-0.05, 0) is 37.2 Å². The largest absolute Gasteiger partial charge is 0.351 e. The quantitative estimate of drug-likeness (QED) is 0.817. The van der Waals surface area contributed by atoms with Crippen molar-refractivity contribution in [2.24, 2.45) is 11.1 Å². The molecule has 4 heteroatoms. The van der Waals surface area contributed by atoms with Gasteiger partial charge >= 0.3 is 0 Å². The van der Waals surface area contributed by atoms with E-state index in [1.807, 2.05) is 38.4 Å². The molecule has 0 saturated heterocycles. The molecule has 0 atom stereocenters. The minimum Gasteiger partial charge on any atom is -0.351 e. The van der Waals surface area contributed by atoms with E-state index in [9.17, 15) is 4.79 Å².